The standard InChI is InChI=1S/C18H15BN2/c1-21-18-7-3-2-5-14(18)10-11-19(21)16-8-9-17-15(13-16)6-4-12-20-17/h2-13H,1H3. The van der Waals surface area contributed by atoms with Crippen LogP contribution in [0.1, 0.15) is 5.56 Å². The molecule has 0 spiro atoms. The average molecular weight is 270 g/mol. The molecule has 0 radical (unpaired) electrons. The largest absolute Gasteiger partial charge is 0.410 e. The Balaban J connectivity index is 1.79. The average Bonchev–Trinajstić information content (AvgIpc) is 2.55. The Morgan fingerprint density at radius 3 is 2.86 bits per heavy atom. The molecule has 1 aliphatic heterocycles. The molecule has 100 valence electrons. The number of pyridine rings is 1. The van der Waals surface area contributed by atoms with Gasteiger partial charge in [-0.3, -0.25) is 4.98 Å². The highest BCUT2D eigenvalue weighted by molar-refractivity contribution is 6.82. The molecule has 0 fully saturated rings. The molecule has 2 aromatic carbocycles. The van der Waals surface area contributed by atoms with Crippen LogP contribution in [0.3, 0.4) is 0 Å². The third-order valence-corrected chi connectivity index (χ3v) is 4.16. The number of hydrogen-bond donors (Lipinski definition) is 0. The summed E-state index contributed by atoms with van der Waals surface area (Å²) < 4.78 is 0. The molecule has 21 heavy (non-hydrogen) atoms. The van der Waals surface area contributed by atoms with Crippen LogP contribution in [-0.2, 0) is 0 Å². The molecule has 2 nitrogen and oxygen atoms in total. The van der Waals surface area contributed by atoms with Crippen molar-refractivity contribution >= 4 is 35.0 Å². The van der Waals surface area contributed by atoms with Gasteiger partial charge in [0.1, 0.15) is 0 Å². The molecule has 1 aliphatic rings. The topological polar surface area (TPSA) is 16.1 Å². The minimum atomic E-state index is 0.268. The van der Waals surface area contributed by atoms with Gasteiger partial charge in [0, 0.05) is 11.9 Å². The van der Waals surface area contributed by atoms with E-state index in [4.69, 9.17) is 0 Å². The maximum absolute atomic E-state index is 4.39. The van der Waals surface area contributed by atoms with Gasteiger partial charge in [-0.15, -0.1) is 0 Å². The van der Waals surface area contributed by atoms with E-state index in [1.807, 2.05) is 12.3 Å². The molecule has 0 N–H and O–H groups in total. The normalized spacial score (nSPS) is 13.6. The van der Waals surface area contributed by atoms with Crippen molar-refractivity contribution in [2.24, 2.45) is 0 Å². The number of benzene rings is 2. The minimum absolute atomic E-state index is 0.268. The summed E-state index contributed by atoms with van der Waals surface area (Å²) in [7, 11) is 2.15. The smallest absolute Gasteiger partial charge is 0.315 e. The quantitative estimate of drug-likeness (QED) is 0.631. The summed E-state index contributed by atoms with van der Waals surface area (Å²) in [4.78, 5) is 6.72. The first kappa shape index (κ1) is 12.2. The van der Waals surface area contributed by atoms with Crippen LogP contribution in [0.2, 0.25) is 0 Å². The molecule has 0 saturated heterocycles. The van der Waals surface area contributed by atoms with E-state index in [1.165, 1.54) is 22.1 Å². The molecular formula is C18H15BN2. The zero-order valence-electron chi connectivity index (χ0n) is 11.9. The fraction of sp³-hybridized carbons (Fsp3) is 0.0556. The number of rotatable bonds is 1. The molecule has 0 bridgehead atoms. The lowest BCUT2D eigenvalue weighted by molar-refractivity contribution is 1.29. The van der Waals surface area contributed by atoms with E-state index in [9.17, 15) is 0 Å². The third-order valence-electron chi connectivity index (χ3n) is 4.16. The molecule has 1 aromatic heterocycles. The second-order valence-corrected chi connectivity index (χ2v) is 5.43. The van der Waals surface area contributed by atoms with Gasteiger partial charge in [-0.2, -0.15) is 0 Å². The second-order valence-electron chi connectivity index (χ2n) is 5.43. The fourth-order valence-electron chi connectivity index (χ4n) is 3.04. The van der Waals surface area contributed by atoms with E-state index >= 15 is 0 Å². The maximum Gasteiger partial charge on any atom is 0.315 e. The highest BCUT2D eigenvalue weighted by Gasteiger charge is 2.24. The SMILES string of the molecule is CN1B(c2ccc3ncccc3c2)C=Cc2ccccc21. The van der Waals surface area contributed by atoms with Crippen molar-refractivity contribution in [1.29, 1.82) is 0 Å². The van der Waals surface area contributed by atoms with E-state index in [0.717, 1.165) is 5.52 Å². The first-order valence-corrected chi connectivity index (χ1v) is 7.18. The number of nitrogens with zero attached hydrogens (tertiary/aromatic N) is 2. The second kappa shape index (κ2) is 4.78. The molecule has 3 heteroatoms. The van der Waals surface area contributed by atoms with Crippen LogP contribution in [0.5, 0.6) is 0 Å². The number of fused-ring (bicyclic) bond motifs is 2. The molecular weight excluding hydrogens is 255 g/mol. The highest BCUT2D eigenvalue weighted by atomic mass is 15.0. The lowest BCUT2D eigenvalue weighted by atomic mass is 9.52. The van der Waals surface area contributed by atoms with Crippen molar-refractivity contribution in [1.82, 2.24) is 4.98 Å². The van der Waals surface area contributed by atoms with Gasteiger partial charge in [0.15, 0.2) is 0 Å². The van der Waals surface area contributed by atoms with E-state index in [-0.39, 0.29) is 6.85 Å². The summed E-state index contributed by atoms with van der Waals surface area (Å²) >= 11 is 0. The van der Waals surface area contributed by atoms with Crippen molar-refractivity contribution in [2.45, 2.75) is 0 Å². The third kappa shape index (κ3) is 2.02. The van der Waals surface area contributed by atoms with Crippen LogP contribution >= 0.6 is 0 Å². The van der Waals surface area contributed by atoms with Crippen molar-refractivity contribution in [3.05, 3.63) is 72.3 Å². The van der Waals surface area contributed by atoms with Gasteiger partial charge < -0.3 is 4.81 Å². The van der Waals surface area contributed by atoms with Crippen LogP contribution < -0.4 is 10.3 Å². The van der Waals surface area contributed by atoms with Gasteiger partial charge >= 0.3 is 6.85 Å². The van der Waals surface area contributed by atoms with Crippen molar-refractivity contribution in [3.63, 3.8) is 0 Å². The molecule has 4 rings (SSSR count). The van der Waals surface area contributed by atoms with E-state index in [2.05, 4.69) is 77.4 Å². The van der Waals surface area contributed by atoms with E-state index < -0.39 is 0 Å². The highest BCUT2D eigenvalue weighted by Crippen LogP contribution is 2.26. The monoisotopic (exact) mass is 270 g/mol. The van der Waals surface area contributed by atoms with Gasteiger partial charge in [-0.05, 0) is 36.2 Å². The Kier molecular flexibility index (Phi) is 2.78. The first-order valence-electron chi connectivity index (χ1n) is 7.18. The molecule has 0 amide bonds. The molecule has 3 aromatic rings. The number of anilines is 1. The molecule has 0 unspecified atom stereocenters. The number of hydrogen-bond acceptors (Lipinski definition) is 2. The molecule has 0 saturated carbocycles. The first-order chi connectivity index (χ1) is 10.3. The van der Waals surface area contributed by atoms with Crippen molar-refractivity contribution in [3.8, 4) is 0 Å². The Hall–Kier alpha value is -2.55. The van der Waals surface area contributed by atoms with E-state index in [1.54, 1.807) is 0 Å². The minimum Gasteiger partial charge on any atom is -0.410 e. The predicted octanol–water partition coefficient (Wildman–Crippen LogP) is 3.14. The lowest BCUT2D eigenvalue weighted by Gasteiger charge is -2.30. The summed E-state index contributed by atoms with van der Waals surface area (Å²) in [6.07, 6.45) is 4.05. The summed E-state index contributed by atoms with van der Waals surface area (Å²) in [6.45, 7) is 0.268. The Labute approximate surface area is 124 Å². The zero-order chi connectivity index (χ0) is 14.2. The number of para-hydroxylation sites is 1. The maximum atomic E-state index is 4.39. The van der Waals surface area contributed by atoms with Gasteiger partial charge in [0.2, 0.25) is 0 Å². The van der Waals surface area contributed by atoms with Gasteiger partial charge in [-0.25, -0.2) is 0 Å². The molecule has 0 aliphatic carbocycles. The molecule has 0 atom stereocenters. The van der Waals surface area contributed by atoms with Crippen LogP contribution in [-0.4, -0.2) is 18.9 Å². The van der Waals surface area contributed by atoms with Gasteiger partial charge in [-0.1, -0.05) is 53.9 Å². The van der Waals surface area contributed by atoms with Crippen LogP contribution in [0.4, 0.5) is 5.69 Å². The zero-order valence-corrected chi connectivity index (χ0v) is 11.9. The lowest BCUT2D eigenvalue weighted by Crippen LogP contribution is -2.46. The predicted molar refractivity (Wildman–Crippen MR) is 91.0 cm³/mol. The van der Waals surface area contributed by atoms with Crippen molar-refractivity contribution < 1.29 is 0 Å². The summed E-state index contributed by atoms with van der Waals surface area (Å²) in [5.41, 5.74) is 4.89. The Morgan fingerprint density at radius 2 is 1.90 bits per heavy atom. The van der Waals surface area contributed by atoms with Gasteiger partial charge in [0.25, 0.3) is 0 Å². The fourth-order valence-corrected chi connectivity index (χ4v) is 3.04. The van der Waals surface area contributed by atoms with Gasteiger partial charge in [0.05, 0.1) is 5.52 Å². The van der Waals surface area contributed by atoms with E-state index in [0.29, 0.717) is 0 Å². The van der Waals surface area contributed by atoms with Crippen LogP contribution in [0.25, 0.3) is 17.0 Å². The summed E-state index contributed by atoms with van der Waals surface area (Å²) in [5.74, 6) is 2.26. The summed E-state index contributed by atoms with van der Waals surface area (Å²) in [5, 5.41) is 1.19. The molecule has 2 heterocycles. The van der Waals surface area contributed by atoms with Crippen LogP contribution in [0.15, 0.2) is 66.8 Å². The Bertz CT molecular complexity index is 841. The Morgan fingerprint density at radius 1 is 1.00 bits per heavy atom. The van der Waals surface area contributed by atoms with Crippen molar-refractivity contribution in [2.75, 3.05) is 11.9 Å². The summed E-state index contributed by atoms with van der Waals surface area (Å²) in [6, 6.07) is 19.1. The number of aromatic nitrogens is 1. The van der Waals surface area contributed by atoms with Crippen LogP contribution in [0, 0.1) is 0 Å².